The quantitative estimate of drug-likeness (QED) is 0.606. The van der Waals surface area contributed by atoms with E-state index in [2.05, 4.69) is 17.2 Å². The highest BCUT2D eigenvalue weighted by Gasteiger charge is 2.00. The summed E-state index contributed by atoms with van der Waals surface area (Å²) in [6.45, 7) is 3.83. The molecule has 1 rings (SSSR count). The fourth-order valence-corrected chi connectivity index (χ4v) is 1.32. The van der Waals surface area contributed by atoms with E-state index >= 15 is 0 Å². The molecule has 1 N–H and O–H groups in total. The highest BCUT2D eigenvalue weighted by Crippen LogP contribution is 2.09. The largest absolute Gasteiger partial charge is 0.326 e. The molecule has 0 aromatic heterocycles. The van der Waals surface area contributed by atoms with Gasteiger partial charge >= 0.3 is 0 Å². The second-order valence-electron chi connectivity index (χ2n) is 3.69. The Morgan fingerprint density at radius 2 is 2.00 bits per heavy atom. The number of anilines is 1. The molecule has 0 atom stereocenters. The van der Waals surface area contributed by atoms with Gasteiger partial charge in [0, 0.05) is 18.5 Å². The topological polar surface area (TPSA) is 29.1 Å². The van der Waals surface area contributed by atoms with E-state index < -0.39 is 0 Å². The Kier molecular flexibility index (Phi) is 5.15. The minimum atomic E-state index is 0.0572. The Hall–Kier alpha value is -1.75. The summed E-state index contributed by atoms with van der Waals surface area (Å²) in [5, 5.41) is 2.86. The monoisotopic (exact) mass is 215 g/mol. The lowest BCUT2D eigenvalue weighted by molar-refractivity contribution is -0.116. The zero-order valence-electron chi connectivity index (χ0n) is 9.84. The Morgan fingerprint density at radius 1 is 1.31 bits per heavy atom. The Balaban J connectivity index is 2.33. The number of hydrogen-bond acceptors (Lipinski definition) is 1. The van der Waals surface area contributed by atoms with Crippen molar-refractivity contribution in [3.8, 4) is 11.8 Å². The number of carbonyl (C=O) groups is 1. The van der Waals surface area contributed by atoms with Crippen LogP contribution in [0.3, 0.4) is 0 Å². The molecule has 0 heterocycles. The fourth-order valence-electron chi connectivity index (χ4n) is 1.32. The number of hydrogen-bond donors (Lipinski definition) is 1. The van der Waals surface area contributed by atoms with Crippen LogP contribution in [0.2, 0.25) is 0 Å². The molecule has 1 aromatic carbocycles. The minimum Gasteiger partial charge on any atom is -0.326 e. The number of carbonyl (C=O) groups excluding carboxylic acids is 1. The van der Waals surface area contributed by atoms with Crippen molar-refractivity contribution >= 4 is 11.6 Å². The molecule has 0 aliphatic carbocycles. The average Bonchev–Trinajstić information content (AvgIpc) is 2.28. The summed E-state index contributed by atoms with van der Waals surface area (Å²) < 4.78 is 0. The molecular formula is C14H17NO. The smallest absolute Gasteiger partial charge is 0.224 e. The van der Waals surface area contributed by atoms with E-state index in [-0.39, 0.29) is 5.91 Å². The lowest BCUT2D eigenvalue weighted by Gasteiger charge is -2.04. The van der Waals surface area contributed by atoms with Gasteiger partial charge in [-0.3, -0.25) is 4.79 Å². The highest BCUT2D eigenvalue weighted by molar-refractivity contribution is 5.90. The van der Waals surface area contributed by atoms with Gasteiger partial charge in [0.25, 0.3) is 0 Å². The van der Waals surface area contributed by atoms with Crippen molar-refractivity contribution in [2.24, 2.45) is 0 Å². The second-order valence-corrected chi connectivity index (χ2v) is 3.69. The average molecular weight is 215 g/mol. The number of amides is 1. The van der Waals surface area contributed by atoms with Gasteiger partial charge in [-0.1, -0.05) is 17.7 Å². The maximum atomic E-state index is 11.5. The van der Waals surface area contributed by atoms with Crippen LogP contribution in [0.4, 0.5) is 5.69 Å². The minimum absolute atomic E-state index is 0.0572. The number of unbranched alkanes of at least 4 members (excludes halogenated alkanes) is 1. The van der Waals surface area contributed by atoms with Gasteiger partial charge in [0.2, 0.25) is 5.91 Å². The number of rotatable bonds is 4. The summed E-state index contributed by atoms with van der Waals surface area (Å²) in [6, 6.07) is 7.80. The van der Waals surface area contributed by atoms with Crippen LogP contribution in [-0.2, 0) is 4.79 Å². The van der Waals surface area contributed by atoms with Crippen LogP contribution >= 0.6 is 0 Å². The first kappa shape index (κ1) is 12.3. The second kappa shape index (κ2) is 6.68. The molecule has 0 radical (unpaired) electrons. The molecule has 0 aliphatic rings. The van der Waals surface area contributed by atoms with Gasteiger partial charge in [0.1, 0.15) is 0 Å². The number of benzene rings is 1. The number of nitrogens with one attached hydrogen (secondary N) is 1. The summed E-state index contributed by atoms with van der Waals surface area (Å²) in [7, 11) is 0. The van der Waals surface area contributed by atoms with Gasteiger partial charge in [-0.2, -0.15) is 0 Å². The number of aryl methyl sites for hydroxylation is 1. The fraction of sp³-hybridized carbons (Fsp3) is 0.357. The molecule has 0 unspecified atom stereocenters. The van der Waals surface area contributed by atoms with E-state index in [4.69, 9.17) is 0 Å². The zero-order valence-corrected chi connectivity index (χ0v) is 9.84. The highest BCUT2D eigenvalue weighted by atomic mass is 16.1. The van der Waals surface area contributed by atoms with Crippen molar-refractivity contribution in [1.82, 2.24) is 0 Å². The van der Waals surface area contributed by atoms with Crippen LogP contribution in [0.1, 0.15) is 31.7 Å². The summed E-state index contributed by atoms with van der Waals surface area (Å²) in [5.41, 5.74) is 2.05. The van der Waals surface area contributed by atoms with Crippen molar-refractivity contribution in [2.75, 3.05) is 5.32 Å². The van der Waals surface area contributed by atoms with Crippen LogP contribution in [0.15, 0.2) is 24.3 Å². The van der Waals surface area contributed by atoms with Crippen molar-refractivity contribution < 1.29 is 4.79 Å². The van der Waals surface area contributed by atoms with Gasteiger partial charge in [-0.25, -0.2) is 0 Å². The molecule has 1 aromatic rings. The molecule has 0 spiro atoms. The molecule has 0 fully saturated rings. The van der Waals surface area contributed by atoms with Crippen molar-refractivity contribution in [2.45, 2.75) is 33.1 Å². The molecular weight excluding hydrogens is 198 g/mol. The summed E-state index contributed by atoms with van der Waals surface area (Å²) in [5.74, 6) is 5.82. The molecule has 0 aliphatic heterocycles. The predicted molar refractivity (Wildman–Crippen MR) is 67.1 cm³/mol. The lowest BCUT2D eigenvalue weighted by atomic mass is 10.2. The van der Waals surface area contributed by atoms with Crippen LogP contribution in [0.25, 0.3) is 0 Å². The van der Waals surface area contributed by atoms with Crippen molar-refractivity contribution in [3.63, 3.8) is 0 Å². The molecule has 0 saturated carbocycles. The van der Waals surface area contributed by atoms with Gasteiger partial charge in [-0.05, 0) is 32.4 Å². The van der Waals surface area contributed by atoms with Gasteiger partial charge < -0.3 is 5.32 Å². The first-order valence-corrected chi connectivity index (χ1v) is 5.48. The molecule has 16 heavy (non-hydrogen) atoms. The standard InChI is InChI=1S/C14H17NO/c1-3-4-5-6-7-14(16)15-13-10-8-12(2)9-11-13/h8-11H,5-7H2,1-2H3,(H,15,16). The summed E-state index contributed by atoms with van der Waals surface area (Å²) >= 11 is 0. The van der Waals surface area contributed by atoms with E-state index in [0.29, 0.717) is 6.42 Å². The zero-order chi connectivity index (χ0) is 11.8. The summed E-state index contributed by atoms with van der Waals surface area (Å²) in [6.07, 6.45) is 2.14. The van der Waals surface area contributed by atoms with E-state index in [0.717, 1.165) is 18.5 Å². The van der Waals surface area contributed by atoms with E-state index in [1.54, 1.807) is 0 Å². The summed E-state index contributed by atoms with van der Waals surface area (Å²) in [4.78, 5) is 11.5. The maximum Gasteiger partial charge on any atom is 0.224 e. The third-order valence-electron chi connectivity index (χ3n) is 2.22. The normalized spacial score (nSPS) is 9.12. The van der Waals surface area contributed by atoms with E-state index in [9.17, 15) is 4.79 Å². The van der Waals surface area contributed by atoms with Crippen LogP contribution in [0, 0.1) is 18.8 Å². The van der Waals surface area contributed by atoms with Crippen LogP contribution < -0.4 is 5.32 Å². The SMILES string of the molecule is CC#CCCCC(=O)Nc1ccc(C)cc1. The molecule has 1 amide bonds. The Morgan fingerprint density at radius 3 is 2.62 bits per heavy atom. The lowest BCUT2D eigenvalue weighted by Crippen LogP contribution is -2.10. The third-order valence-corrected chi connectivity index (χ3v) is 2.22. The van der Waals surface area contributed by atoms with Gasteiger partial charge in [0.15, 0.2) is 0 Å². The maximum absolute atomic E-state index is 11.5. The van der Waals surface area contributed by atoms with Crippen molar-refractivity contribution in [1.29, 1.82) is 0 Å². The molecule has 84 valence electrons. The Labute approximate surface area is 97.1 Å². The molecule has 2 heteroatoms. The third kappa shape index (κ3) is 4.65. The van der Waals surface area contributed by atoms with Crippen LogP contribution in [-0.4, -0.2) is 5.91 Å². The Bertz CT molecular complexity index is 395. The van der Waals surface area contributed by atoms with Crippen molar-refractivity contribution in [3.05, 3.63) is 29.8 Å². The molecule has 0 bridgehead atoms. The van der Waals surface area contributed by atoms with Crippen LogP contribution in [0.5, 0.6) is 0 Å². The molecule has 2 nitrogen and oxygen atoms in total. The first-order valence-electron chi connectivity index (χ1n) is 5.48. The first-order chi connectivity index (χ1) is 7.72. The molecule has 0 saturated heterocycles. The van der Waals surface area contributed by atoms with E-state index in [1.807, 2.05) is 38.1 Å². The van der Waals surface area contributed by atoms with Gasteiger partial charge in [0.05, 0.1) is 0 Å². The van der Waals surface area contributed by atoms with E-state index in [1.165, 1.54) is 5.56 Å². The predicted octanol–water partition coefficient (Wildman–Crippen LogP) is 3.13. The van der Waals surface area contributed by atoms with Gasteiger partial charge in [-0.15, -0.1) is 11.8 Å².